The summed E-state index contributed by atoms with van der Waals surface area (Å²) in [5.41, 5.74) is 1.11. The van der Waals surface area contributed by atoms with Crippen LogP contribution in [-0.2, 0) is 4.79 Å². The van der Waals surface area contributed by atoms with Crippen LogP contribution < -0.4 is 0 Å². The van der Waals surface area contributed by atoms with Gasteiger partial charge in [0.2, 0.25) is 0 Å². The highest BCUT2D eigenvalue weighted by molar-refractivity contribution is 5.75. The van der Waals surface area contributed by atoms with E-state index in [9.17, 15) is 9.90 Å². The zero-order valence-electron chi connectivity index (χ0n) is 11.6. The summed E-state index contributed by atoms with van der Waals surface area (Å²) in [6.45, 7) is 3.85. The summed E-state index contributed by atoms with van der Waals surface area (Å²) in [7, 11) is 0. The van der Waals surface area contributed by atoms with Crippen LogP contribution in [0.3, 0.4) is 0 Å². The number of benzene rings is 1. The molecule has 1 saturated heterocycles. The zero-order valence-corrected chi connectivity index (χ0v) is 11.6. The monoisotopic (exact) mass is 261 g/mol. The number of nitrogens with zero attached hydrogens (tertiary/aromatic N) is 1. The predicted octanol–water partition coefficient (Wildman–Crippen LogP) is 3.12. The predicted molar refractivity (Wildman–Crippen MR) is 76.3 cm³/mol. The molecule has 2 unspecified atom stereocenters. The minimum absolute atomic E-state index is 0.0248. The van der Waals surface area contributed by atoms with E-state index in [0.717, 1.165) is 31.5 Å². The minimum Gasteiger partial charge on any atom is -0.480 e. The normalized spacial score (nSPS) is 20.5. The summed E-state index contributed by atoms with van der Waals surface area (Å²) in [4.78, 5) is 13.8. The highest BCUT2D eigenvalue weighted by Crippen LogP contribution is 2.25. The Labute approximate surface area is 115 Å². The Bertz CT molecular complexity index is 396. The first kappa shape index (κ1) is 14.1. The Kier molecular flexibility index (Phi) is 4.97. The zero-order chi connectivity index (χ0) is 13.7. The molecule has 3 nitrogen and oxygen atoms in total. The second-order valence-corrected chi connectivity index (χ2v) is 5.43. The molecule has 1 aliphatic rings. The van der Waals surface area contributed by atoms with E-state index in [-0.39, 0.29) is 5.92 Å². The summed E-state index contributed by atoms with van der Waals surface area (Å²) in [6, 6.07) is 9.58. The summed E-state index contributed by atoms with van der Waals surface area (Å²) in [6.07, 6.45) is 4.68. The maximum atomic E-state index is 11.7. The van der Waals surface area contributed by atoms with Crippen molar-refractivity contribution in [1.82, 2.24) is 4.90 Å². The molecule has 2 atom stereocenters. The van der Waals surface area contributed by atoms with Crippen molar-refractivity contribution in [1.29, 1.82) is 0 Å². The lowest BCUT2D eigenvalue weighted by molar-refractivity contribution is -0.144. The van der Waals surface area contributed by atoms with E-state index in [4.69, 9.17) is 0 Å². The summed E-state index contributed by atoms with van der Waals surface area (Å²) in [5, 5.41) is 9.61. The van der Waals surface area contributed by atoms with Crippen molar-refractivity contribution in [2.24, 2.45) is 0 Å². The fourth-order valence-corrected chi connectivity index (χ4v) is 3.00. The summed E-state index contributed by atoms with van der Waals surface area (Å²) >= 11 is 0. The van der Waals surface area contributed by atoms with Crippen LogP contribution in [0.2, 0.25) is 0 Å². The SMILES string of the molecule is CC(c1ccccc1)C(C(=O)O)N1CCCCCC1. The van der Waals surface area contributed by atoms with Gasteiger partial charge in [-0.05, 0) is 31.5 Å². The van der Waals surface area contributed by atoms with Crippen LogP contribution >= 0.6 is 0 Å². The van der Waals surface area contributed by atoms with Crippen molar-refractivity contribution in [2.75, 3.05) is 13.1 Å². The lowest BCUT2D eigenvalue weighted by Gasteiger charge is -2.32. The minimum atomic E-state index is -0.696. The molecule has 0 spiro atoms. The molecular formula is C16H23NO2. The van der Waals surface area contributed by atoms with Gasteiger partial charge < -0.3 is 5.11 Å². The standard InChI is InChI=1S/C16H23NO2/c1-13(14-9-5-4-6-10-14)15(16(18)19)17-11-7-2-3-8-12-17/h4-6,9-10,13,15H,2-3,7-8,11-12H2,1H3,(H,18,19). The van der Waals surface area contributed by atoms with Crippen LogP contribution in [0.15, 0.2) is 30.3 Å². The third-order valence-electron chi connectivity index (χ3n) is 4.09. The molecule has 1 aromatic rings. The van der Waals surface area contributed by atoms with E-state index in [0.29, 0.717) is 0 Å². The lowest BCUT2D eigenvalue weighted by Crippen LogP contribution is -2.45. The molecule has 2 rings (SSSR count). The van der Waals surface area contributed by atoms with Crippen molar-refractivity contribution in [3.63, 3.8) is 0 Å². The third-order valence-corrected chi connectivity index (χ3v) is 4.09. The van der Waals surface area contributed by atoms with Crippen LogP contribution in [0.5, 0.6) is 0 Å². The van der Waals surface area contributed by atoms with E-state index in [1.54, 1.807) is 0 Å². The van der Waals surface area contributed by atoms with Crippen LogP contribution in [-0.4, -0.2) is 35.1 Å². The fourth-order valence-electron chi connectivity index (χ4n) is 3.00. The molecule has 1 N–H and O–H groups in total. The van der Waals surface area contributed by atoms with E-state index in [1.165, 1.54) is 12.8 Å². The molecule has 0 bridgehead atoms. The molecule has 1 heterocycles. The quantitative estimate of drug-likeness (QED) is 0.905. The van der Waals surface area contributed by atoms with Crippen molar-refractivity contribution in [3.05, 3.63) is 35.9 Å². The van der Waals surface area contributed by atoms with Gasteiger partial charge in [-0.3, -0.25) is 9.69 Å². The number of carboxylic acids is 1. The van der Waals surface area contributed by atoms with Crippen molar-refractivity contribution in [3.8, 4) is 0 Å². The molecule has 0 aliphatic carbocycles. The van der Waals surface area contributed by atoms with Crippen molar-refractivity contribution >= 4 is 5.97 Å². The van der Waals surface area contributed by atoms with Gasteiger partial charge in [0.05, 0.1) is 0 Å². The van der Waals surface area contributed by atoms with Gasteiger partial charge >= 0.3 is 5.97 Å². The number of aliphatic carboxylic acids is 1. The number of carbonyl (C=O) groups is 1. The van der Waals surface area contributed by atoms with E-state index >= 15 is 0 Å². The Hall–Kier alpha value is -1.35. The molecule has 3 heteroatoms. The van der Waals surface area contributed by atoms with Gasteiger partial charge in [-0.15, -0.1) is 0 Å². The maximum Gasteiger partial charge on any atom is 0.321 e. The first-order valence-electron chi connectivity index (χ1n) is 7.22. The molecule has 1 aromatic carbocycles. The van der Waals surface area contributed by atoms with E-state index in [1.807, 2.05) is 37.3 Å². The first-order chi connectivity index (χ1) is 9.20. The Morgan fingerprint density at radius 2 is 1.68 bits per heavy atom. The molecule has 0 saturated carbocycles. The Balaban J connectivity index is 2.17. The molecule has 0 radical (unpaired) electrons. The van der Waals surface area contributed by atoms with Gasteiger partial charge in [0.15, 0.2) is 0 Å². The van der Waals surface area contributed by atoms with Gasteiger partial charge in [-0.2, -0.15) is 0 Å². The number of carboxylic acid groups (broad SMARTS) is 1. The molecule has 0 aromatic heterocycles. The number of likely N-dealkylation sites (tertiary alicyclic amines) is 1. The molecule has 19 heavy (non-hydrogen) atoms. The molecule has 1 aliphatic heterocycles. The highest BCUT2D eigenvalue weighted by Gasteiger charge is 2.31. The second-order valence-electron chi connectivity index (χ2n) is 5.43. The topological polar surface area (TPSA) is 40.5 Å². The third kappa shape index (κ3) is 3.57. The smallest absolute Gasteiger partial charge is 0.321 e. The Morgan fingerprint density at radius 3 is 2.21 bits per heavy atom. The van der Waals surface area contributed by atoms with Gasteiger partial charge in [0, 0.05) is 5.92 Å². The summed E-state index contributed by atoms with van der Waals surface area (Å²) < 4.78 is 0. The first-order valence-corrected chi connectivity index (χ1v) is 7.22. The molecule has 1 fully saturated rings. The number of hydrogen-bond donors (Lipinski definition) is 1. The van der Waals surface area contributed by atoms with Crippen LogP contribution in [0.25, 0.3) is 0 Å². The van der Waals surface area contributed by atoms with Gasteiger partial charge in [-0.1, -0.05) is 50.1 Å². The number of rotatable bonds is 4. The average molecular weight is 261 g/mol. The van der Waals surface area contributed by atoms with Gasteiger partial charge in [0.25, 0.3) is 0 Å². The van der Waals surface area contributed by atoms with E-state index < -0.39 is 12.0 Å². The molecule has 104 valence electrons. The van der Waals surface area contributed by atoms with E-state index in [2.05, 4.69) is 4.90 Å². The largest absolute Gasteiger partial charge is 0.480 e. The van der Waals surface area contributed by atoms with Crippen molar-refractivity contribution < 1.29 is 9.90 Å². The maximum absolute atomic E-state index is 11.7. The lowest BCUT2D eigenvalue weighted by atomic mass is 9.92. The summed E-state index contributed by atoms with van der Waals surface area (Å²) in [5.74, 6) is -0.671. The van der Waals surface area contributed by atoms with Gasteiger partial charge in [-0.25, -0.2) is 0 Å². The average Bonchev–Trinajstić information content (AvgIpc) is 2.68. The van der Waals surface area contributed by atoms with Gasteiger partial charge in [0.1, 0.15) is 6.04 Å². The van der Waals surface area contributed by atoms with Crippen LogP contribution in [0.4, 0.5) is 0 Å². The van der Waals surface area contributed by atoms with Crippen molar-refractivity contribution in [2.45, 2.75) is 44.6 Å². The van der Waals surface area contributed by atoms with Crippen LogP contribution in [0.1, 0.15) is 44.1 Å². The van der Waals surface area contributed by atoms with Crippen LogP contribution in [0, 0.1) is 0 Å². The molecule has 0 amide bonds. The second kappa shape index (κ2) is 6.71. The number of hydrogen-bond acceptors (Lipinski definition) is 2. The fraction of sp³-hybridized carbons (Fsp3) is 0.562. The molecular weight excluding hydrogens is 238 g/mol. The highest BCUT2D eigenvalue weighted by atomic mass is 16.4. The Morgan fingerprint density at radius 1 is 1.11 bits per heavy atom.